The Labute approximate surface area is 150 Å². The van der Waals surface area contributed by atoms with Crippen molar-refractivity contribution in [1.29, 1.82) is 0 Å². The summed E-state index contributed by atoms with van der Waals surface area (Å²) in [7, 11) is 3.55. The number of hydrogen-bond acceptors (Lipinski definition) is 3. The number of nitrogens with zero attached hydrogens (tertiary/aromatic N) is 2. The highest BCUT2D eigenvalue weighted by molar-refractivity contribution is 5.91. The molecule has 0 spiro atoms. The molecule has 1 aromatic carbocycles. The van der Waals surface area contributed by atoms with E-state index in [1.807, 2.05) is 32.0 Å². The number of anilines is 1. The van der Waals surface area contributed by atoms with Crippen LogP contribution in [0.2, 0.25) is 0 Å². The van der Waals surface area contributed by atoms with Crippen LogP contribution in [-0.2, 0) is 4.79 Å². The molecule has 1 aromatic rings. The monoisotopic (exact) mass is 347 g/mol. The van der Waals surface area contributed by atoms with E-state index in [0.29, 0.717) is 44.0 Å². The second-order valence-electron chi connectivity index (χ2n) is 6.77. The van der Waals surface area contributed by atoms with Gasteiger partial charge in [0.05, 0.1) is 12.3 Å². The molecule has 138 valence electrons. The van der Waals surface area contributed by atoms with E-state index in [2.05, 4.69) is 5.32 Å². The molecule has 6 heteroatoms. The summed E-state index contributed by atoms with van der Waals surface area (Å²) in [5.41, 5.74) is 1.78. The lowest BCUT2D eigenvalue weighted by Gasteiger charge is -2.32. The van der Waals surface area contributed by atoms with Crippen LogP contribution >= 0.6 is 0 Å². The molecule has 0 bridgehead atoms. The molecule has 0 unspecified atom stereocenters. The number of piperidine rings is 1. The second kappa shape index (κ2) is 8.74. The van der Waals surface area contributed by atoms with E-state index in [9.17, 15) is 9.59 Å². The first-order chi connectivity index (χ1) is 11.9. The van der Waals surface area contributed by atoms with Crippen molar-refractivity contribution in [1.82, 2.24) is 9.80 Å². The predicted molar refractivity (Wildman–Crippen MR) is 99.0 cm³/mol. The molecule has 2 rings (SSSR count). The number of carbonyl (C=O) groups excluding carboxylic acids is 2. The largest absolute Gasteiger partial charge is 0.491 e. The molecule has 0 radical (unpaired) electrons. The van der Waals surface area contributed by atoms with Gasteiger partial charge in [0.1, 0.15) is 5.75 Å². The number of amides is 3. The standard InChI is InChI=1S/C19H29N3O3/c1-5-12-25-17-13-14(2)6-7-16(17)20-19(24)22-10-8-15(9-11-22)18(23)21(3)4/h6-7,13,15H,5,8-12H2,1-4H3,(H,20,24). The summed E-state index contributed by atoms with van der Waals surface area (Å²) < 4.78 is 5.75. The van der Waals surface area contributed by atoms with Gasteiger partial charge in [-0.2, -0.15) is 0 Å². The van der Waals surface area contributed by atoms with Gasteiger partial charge in [0.15, 0.2) is 0 Å². The van der Waals surface area contributed by atoms with Gasteiger partial charge < -0.3 is 19.9 Å². The molecule has 1 aliphatic rings. The van der Waals surface area contributed by atoms with Crippen LogP contribution in [-0.4, -0.2) is 55.5 Å². The Bertz CT molecular complexity index is 608. The van der Waals surface area contributed by atoms with E-state index >= 15 is 0 Å². The Hall–Kier alpha value is -2.24. The zero-order valence-electron chi connectivity index (χ0n) is 15.7. The number of urea groups is 1. The van der Waals surface area contributed by atoms with Gasteiger partial charge in [0.25, 0.3) is 0 Å². The fraction of sp³-hybridized carbons (Fsp3) is 0.579. The van der Waals surface area contributed by atoms with Gasteiger partial charge in [-0.25, -0.2) is 4.79 Å². The highest BCUT2D eigenvalue weighted by Crippen LogP contribution is 2.27. The minimum absolute atomic E-state index is 0.0156. The fourth-order valence-electron chi connectivity index (χ4n) is 2.95. The average Bonchev–Trinajstić information content (AvgIpc) is 2.61. The number of aryl methyl sites for hydroxylation is 1. The van der Waals surface area contributed by atoms with E-state index in [1.165, 1.54) is 0 Å². The smallest absolute Gasteiger partial charge is 0.321 e. The number of nitrogens with one attached hydrogen (secondary N) is 1. The first kappa shape index (κ1) is 19.1. The van der Waals surface area contributed by atoms with Crippen molar-refractivity contribution in [2.75, 3.05) is 39.1 Å². The third kappa shape index (κ3) is 5.11. The van der Waals surface area contributed by atoms with Gasteiger partial charge in [-0.05, 0) is 43.9 Å². The van der Waals surface area contributed by atoms with Gasteiger partial charge in [-0.15, -0.1) is 0 Å². The van der Waals surface area contributed by atoms with Crippen molar-refractivity contribution >= 4 is 17.6 Å². The molecule has 0 aromatic heterocycles. The zero-order valence-corrected chi connectivity index (χ0v) is 15.7. The Morgan fingerprint density at radius 1 is 1.28 bits per heavy atom. The lowest BCUT2D eigenvalue weighted by Crippen LogP contribution is -2.44. The van der Waals surface area contributed by atoms with Crippen molar-refractivity contribution in [3.63, 3.8) is 0 Å². The van der Waals surface area contributed by atoms with Gasteiger partial charge in [0, 0.05) is 33.1 Å². The highest BCUT2D eigenvalue weighted by Gasteiger charge is 2.28. The average molecular weight is 347 g/mol. The highest BCUT2D eigenvalue weighted by atomic mass is 16.5. The molecule has 1 N–H and O–H groups in total. The summed E-state index contributed by atoms with van der Waals surface area (Å²) >= 11 is 0. The Morgan fingerprint density at radius 2 is 1.96 bits per heavy atom. The summed E-state index contributed by atoms with van der Waals surface area (Å²) in [5.74, 6) is 0.864. The second-order valence-corrected chi connectivity index (χ2v) is 6.77. The Balaban J connectivity index is 1.96. The SMILES string of the molecule is CCCOc1cc(C)ccc1NC(=O)N1CCC(C(=O)N(C)C)CC1. The summed E-state index contributed by atoms with van der Waals surface area (Å²) in [6, 6.07) is 5.63. The van der Waals surface area contributed by atoms with Gasteiger partial charge in [-0.1, -0.05) is 13.0 Å². The van der Waals surface area contributed by atoms with Crippen LogP contribution in [0.5, 0.6) is 5.75 Å². The van der Waals surface area contributed by atoms with E-state index in [4.69, 9.17) is 4.74 Å². The minimum Gasteiger partial charge on any atom is -0.491 e. The number of hydrogen-bond donors (Lipinski definition) is 1. The third-order valence-electron chi connectivity index (χ3n) is 4.41. The van der Waals surface area contributed by atoms with E-state index < -0.39 is 0 Å². The first-order valence-electron chi connectivity index (χ1n) is 8.93. The molecule has 1 heterocycles. The summed E-state index contributed by atoms with van der Waals surface area (Å²) in [6.45, 7) is 5.84. The van der Waals surface area contributed by atoms with Crippen molar-refractivity contribution in [3.05, 3.63) is 23.8 Å². The number of rotatable bonds is 5. The fourth-order valence-corrected chi connectivity index (χ4v) is 2.95. The van der Waals surface area contributed by atoms with Crippen molar-refractivity contribution in [3.8, 4) is 5.75 Å². The van der Waals surface area contributed by atoms with Crippen LogP contribution in [0.1, 0.15) is 31.7 Å². The van der Waals surface area contributed by atoms with Crippen LogP contribution in [0.3, 0.4) is 0 Å². The maximum absolute atomic E-state index is 12.6. The zero-order chi connectivity index (χ0) is 18.4. The van der Waals surface area contributed by atoms with Crippen molar-refractivity contribution < 1.29 is 14.3 Å². The van der Waals surface area contributed by atoms with Crippen LogP contribution < -0.4 is 10.1 Å². The molecule has 3 amide bonds. The molecule has 6 nitrogen and oxygen atoms in total. The number of ether oxygens (including phenoxy) is 1. The van der Waals surface area contributed by atoms with Gasteiger partial charge in [-0.3, -0.25) is 4.79 Å². The lowest BCUT2D eigenvalue weighted by molar-refractivity contribution is -0.134. The molecule has 1 fully saturated rings. The summed E-state index contributed by atoms with van der Waals surface area (Å²) in [6.07, 6.45) is 2.32. The molecule has 25 heavy (non-hydrogen) atoms. The van der Waals surface area contributed by atoms with Crippen LogP contribution in [0.4, 0.5) is 10.5 Å². The van der Waals surface area contributed by atoms with Gasteiger partial charge in [0.2, 0.25) is 5.91 Å². The van der Waals surface area contributed by atoms with Crippen molar-refractivity contribution in [2.24, 2.45) is 5.92 Å². The Morgan fingerprint density at radius 3 is 2.56 bits per heavy atom. The van der Waals surface area contributed by atoms with Crippen molar-refractivity contribution in [2.45, 2.75) is 33.1 Å². The topological polar surface area (TPSA) is 61.9 Å². The first-order valence-corrected chi connectivity index (χ1v) is 8.93. The number of likely N-dealkylation sites (tertiary alicyclic amines) is 1. The summed E-state index contributed by atoms with van der Waals surface area (Å²) in [5, 5.41) is 2.95. The number of carbonyl (C=O) groups is 2. The number of benzene rings is 1. The molecular weight excluding hydrogens is 318 g/mol. The summed E-state index contributed by atoms with van der Waals surface area (Å²) in [4.78, 5) is 28.0. The van der Waals surface area contributed by atoms with Crippen LogP contribution in [0.15, 0.2) is 18.2 Å². The third-order valence-corrected chi connectivity index (χ3v) is 4.41. The normalized spacial score (nSPS) is 15.0. The Kier molecular flexibility index (Phi) is 6.67. The molecule has 1 saturated heterocycles. The molecule has 0 saturated carbocycles. The maximum atomic E-state index is 12.6. The minimum atomic E-state index is -0.138. The van der Waals surface area contributed by atoms with Crippen LogP contribution in [0, 0.1) is 12.8 Å². The van der Waals surface area contributed by atoms with E-state index in [1.54, 1.807) is 23.9 Å². The molecule has 1 aliphatic heterocycles. The molecular formula is C19H29N3O3. The predicted octanol–water partition coefficient (Wildman–Crippen LogP) is 3.12. The van der Waals surface area contributed by atoms with E-state index in [0.717, 1.165) is 12.0 Å². The van der Waals surface area contributed by atoms with E-state index in [-0.39, 0.29) is 17.9 Å². The van der Waals surface area contributed by atoms with Gasteiger partial charge >= 0.3 is 6.03 Å². The quantitative estimate of drug-likeness (QED) is 0.890. The molecule has 0 aliphatic carbocycles. The molecule has 0 atom stereocenters. The van der Waals surface area contributed by atoms with Crippen LogP contribution in [0.25, 0.3) is 0 Å². The maximum Gasteiger partial charge on any atom is 0.321 e. The lowest BCUT2D eigenvalue weighted by atomic mass is 9.96.